The second kappa shape index (κ2) is 8.50. The smallest absolute Gasteiger partial charge is 0.259 e. The third kappa shape index (κ3) is 4.09. The number of fused-ring (bicyclic) bond motifs is 2. The second-order valence-electron chi connectivity index (χ2n) is 8.51. The number of aromatic nitrogens is 2. The number of piperidine rings is 1. The van der Waals surface area contributed by atoms with Crippen LogP contribution >= 0.6 is 0 Å². The van der Waals surface area contributed by atoms with Crippen molar-refractivity contribution in [2.24, 2.45) is 0 Å². The van der Waals surface area contributed by atoms with Gasteiger partial charge >= 0.3 is 0 Å². The number of hydrogen-bond acceptors (Lipinski definition) is 4. The lowest BCUT2D eigenvalue weighted by Crippen LogP contribution is -2.50. The lowest BCUT2D eigenvalue weighted by atomic mass is 10.0. The predicted octanol–water partition coefficient (Wildman–Crippen LogP) is 3.42. The zero-order valence-electron chi connectivity index (χ0n) is 18.3. The Morgan fingerprint density at radius 3 is 2.76 bits per heavy atom. The molecule has 1 saturated heterocycles. The summed E-state index contributed by atoms with van der Waals surface area (Å²) in [4.78, 5) is 47.8. The maximum atomic E-state index is 13.2. The van der Waals surface area contributed by atoms with Gasteiger partial charge in [0.05, 0.1) is 5.39 Å². The molecule has 3 heterocycles. The van der Waals surface area contributed by atoms with Crippen LogP contribution in [0.4, 0.5) is 0 Å². The maximum Gasteiger partial charge on any atom is 0.259 e. The zero-order valence-corrected chi connectivity index (χ0v) is 18.3. The predicted molar refractivity (Wildman–Crippen MR) is 127 cm³/mol. The van der Waals surface area contributed by atoms with Gasteiger partial charge in [-0.2, -0.15) is 0 Å². The molecule has 5 rings (SSSR count). The molecule has 2 amide bonds. The SMILES string of the molecule is Cc1ccc2c(=O)c(C(=O)N3CCCC(NC(=O)c4ccc5ccccc5c4)C3)c[nH]c2n1. The molecule has 0 spiro atoms. The van der Waals surface area contributed by atoms with Crippen LogP contribution in [0.2, 0.25) is 0 Å². The van der Waals surface area contributed by atoms with Crippen molar-refractivity contribution in [2.45, 2.75) is 25.8 Å². The first-order chi connectivity index (χ1) is 16.0. The van der Waals surface area contributed by atoms with E-state index in [-0.39, 0.29) is 28.8 Å². The van der Waals surface area contributed by atoms with Crippen LogP contribution in [0.15, 0.2) is 65.6 Å². The standard InChI is InChI=1S/C26H24N4O3/c1-16-8-11-21-23(31)22(14-27-24(21)28-16)26(33)30-12-4-7-20(15-30)29-25(32)19-10-9-17-5-2-3-6-18(17)13-19/h2-3,5-6,8-11,13-14,20H,4,7,12,15H2,1H3,(H,29,32)(H,27,28,31). The molecule has 1 atom stereocenters. The molecule has 0 radical (unpaired) electrons. The Bertz CT molecular complexity index is 1440. The number of H-pyrrole nitrogens is 1. The lowest BCUT2D eigenvalue weighted by Gasteiger charge is -2.33. The van der Waals surface area contributed by atoms with Gasteiger partial charge in [0.2, 0.25) is 5.43 Å². The number of hydrogen-bond donors (Lipinski definition) is 2. The van der Waals surface area contributed by atoms with Crippen LogP contribution < -0.4 is 10.7 Å². The van der Waals surface area contributed by atoms with E-state index in [0.29, 0.717) is 29.7 Å². The van der Waals surface area contributed by atoms with Crippen LogP contribution in [-0.4, -0.2) is 45.8 Å². The third-order valence-corrected chi connectivity index (χ3v) is 6.16. The van der Waals surface area contributed by atoms with Gasteiger partial charge in [0.25, 0.3) is 11.8 Å². The average Bonchev–Trinajstić information content (AvgIpc) is 2.83. The monoisotopic (exact) mass is 440 g/mol. The Morgan fingerprint density at radius 1 is 1.09 bits per heavy atom. The number of nitrogens with zero attached hydrogens (tertiary/aromatic N) is 2. The first kappa shape index (κ1) is 20.9. The highest BCUT2D eigenvalue weighted by atomic mass is 16.2. The van der Waals surface area contributed by atoms with E-state index < -0.39 is 0 Å². The Balaban J connectivity index is 1.32. The van der Waals surface area contributed by atoms with Crippen LogP contribution in [0.25, 0.3) is 21.8 Å². The molecule has 33 heavy (non-hydrogen) atoms. The van der Waals surface area contributed by atoms with Crippen molar-refractivity contribution >= 4 is 33.6 Å². The van der Waals surface area contributed by atoms with Gasteiger partial charge in [0, 0.05) is 36.6 Å². The Hall–Kier alpha value is -4.00. The summed E-state index contributed by atoms with van der Waals surface area (Å²) in [5, 5.41) is 5.53. The number of rotatable bonds is 3. The molecule has 166 valence electrons. The van der Waals surface area contributed by atoms with Crippen LogP contribution in [0.5, 0.6) is 0 Å². The van der Waals surface area contributed by atoms with Crippen molar-refractivity contribution in [3.63, 3.8) is 0 Å². The second-order valence-corrected chi connectivity index (χ2v) is 8.51. The van der Waals surface area contributed by atoms with Gasteiger partial charge in [-0.05, 0) is 54.8 Å². The highest BCUT2D eigenvalue weighted by Crippen LogP contribution is 2.18. The zero-order chi connectivity index (χ0) is 22.9. The molecule has 1 aliphatic heterocycles. The van der Waals surface area contributed by atoms with Gasteiger partial charge in [-0.1, -0.05) is 30.3 Å². The lowest BCUT2D eigenvalue weighted by molar-refractivity contribution is 0.0674. The first-order valence-electron chi connectivity index (χ1n) is 11.1. The number of carbonyl (C=O) groups excluding carboxylic acids is 2. The molecule has 0 saturated carbocycles. The summed E-state index contributed by atoms with van der Waals surface area (Å²) in [6.45, 7) is 2.75. The molecule has 1 fully saturated rings. The van der Waals surface area contributed by atoms with E-state index in [9.17, 15) is 14.4 Å². The van der Waals surface area contributed by atoms with E-state index in [2.05, 4.69) is 15.3 Å². The average molecular weight is 441 g/mol. The molecule has 2 aromatic heterocycles. The quantitative estimate of drug-likeness (QED) is 0.510. The summed E-state index contributed by atoms with van der Waals surface area (Å²) in [6.07, 6.45) is 2.97. The fourth-order valence-corrected chi connectivity index (χ4v) is 4.41. The van der Waals surface area contributed by atoms with Crippen molar-refractivity contribution in [1.29, 1.82) is 0 Å². The summed E-state index contributed by atoms with van der Waals surface area (Å²) < 4.78 is 0. The van der Waals surface area contributed by atoms with E-state index in [0.717, 1.165) is 29.3 Å². The number of pyridine rings is 2. The minimum Gasteiger partial charge on any atom is -0.348 e. The van der Waals surface area contributed by atoms with Crippen molar-refractivity contribution in [2.75, 3.05) is 13.1 Å². The summed E-state index contributed by atoms with van der Waals surface area (Å²) >= 11 is 0. The van der Waals surface area contributed by atoms with E-state index in [4.69, 9.17) is 0 Å². The summed E-state index contributed by atoms with van der Waals surface area (Å²) in [6, 6.07) is 16.8. The van der Waals surface area contributed by atoms with Crippen LogP contribution in [0.3, 0.4) is 0 Å². The van der Waals surface area contributed by atoms with E-state index in [1.807, 2.05) is 49.4 Å². The molecule has 1 unspecified atom stereocenters. The number of nitrogens with one attached hydrogen (secondary N) is 2. The molecule has 4 aromatic rings. The molecule has 7 heteroatoms. The summed E-state index contributed by atoms with van der Waals surface area (Å²) in [5.41, 5.74) is 1.61. The van der Waals surface area contributed by atoms with Crippen LogP contribution in [0, 0.1) is 6.92 Å². The normalized spacial score (nSPS) is 16.2. The van der Waals surface area contributed by atoms with Gasteiger partial charge in [-0.15, -0.1) is 0 Å². The Morgan fingerprint density at radius 2 is 1.91 bits per heavy atom. The van der Waals surface area contributed by atoms with Crippen molar-refractivity contribution < 1.29 is 9.59 Å². The van der Waals surface area contributed by atoms with Crippen molar-refractivity contribution in [1.82, 2.24) is 20.2 Å². The van der Waals surface area contributed by atoms with E-state index in [1.54, 1.807) is 17.0 Å². The topological polar surface area (TPSA) is 95.2 Å². The molecular weight excluding hydrogens is 416 g/mol. The molecule has 0 aliphatic carbocycles. The fourth-order valence-electron chi connectivity index (χ4n) is 4.41. The van der Waals surface area contributed by atoms with E-state index in [1.165, 1.54) is 6.20 Å². The minimum atomic E-state index is -0.330. The minimum absolute atomic E-state index is 0.0923. The van der Waals surface area contributed by atoms with Gasteiger partial charge in [-0.3, -0.25) is 14.4 Å². The highest BCUT2D eigenvalue weighted by molar-refractivity contribution is 5.99. The number of aromatic amines is 1. The number of benzene rings is 2. The molecule has 2 N–H and O–H groups in total. The van der Waals surface area contributed by atoms with Gasteiger partial charge in [0.15, 0.2) is 0 Å². The van der Waals surface area contributed by atoms with Gasteiger partial charge in [-0.25, -0.2) is 4.98 Å². The molecule has 7 nitrogen and oxygen atoms in total. The summed E-state index contributed by atoms with van der Waals surface area (Å²) in [5.74, 6) is -0.492. The van der Waals surface area contributed by atoms with Crippen molar-refractivity contribution in [3.05, 3.63) is 87.8 Å². The van der Waals surface area contributed by atoms with E-state index >= 15 is 0 Å². The molecular formula is C26H24N4O3. The fraction of sp³-hybridized carbons (Fsp3) is 0.231. The van der Waals surface area contributed by atoms with Crippen LogP contribution in [-0.2, 0) is 0 Å². The van der Waals surface area contributed by atoms with Gasteiger partial charge in [0.1, 0.15) is 11.2 Å². The van der Waals surface area contributed by atoms with Gasteiger partial charge < -0.3 is 15.2 Å². The summed E-state index contributed by atoms with van der Waals surface area (Å²) in [7, 11) is 0. The number of likely N-dealkylation sites (tertiary alicyclic amines) is 1. The molecule has 2 aromatic carbocycles. The first-order valence-corrected chi connectivity index (χ1v) is 11.1. The Kier molecular flexibility index (Phi) is 5.38. The Labute approximate surface area is 190 Å². The van der Waals surface area contributed by atoms with Crippen molar-refractivity contribution in [3.8, 4) is 0 Å². The maximum absolute atomic E-state index is 13.2. The molecule has 0 bridgehead atoms. The molecule has 1 aliphatic rings. The van der Waals surface area contributed by atoms with Crippen LogP contribution in [0.1, 0.15) is 39.3 Å². The number of carbonyl (C=O) groups is 2. The highest BCUT2D eigenvalue weighted by Gasteiger charge is 2.27. The number of aryl methyl sites for hydroxylation is 1. The number of amides is 2. The largest absolute Gasteiger partial charge is 0.348 e. The third-order valence-electron chi connectivity index (χ3n) is 6.16.